The number of methoxy groups -OCH3 is 1. The van der Waals surface area contributed by atoms with Crippen molar-refractivity contribution in [3.8, 4) is 5.75 Å². The molecule has 2 aromatic carbocycles. The minimum atomic E-state index is -0.122. The summed E-state index contributed by atoms with van der Waals surface area (Å²) in [6.07, 6.45) is 0. The second-order valence-electron chi connectivity index (χ2n) is 4.66. The molecule has 0 saturated carbocycles. The molecule has 2 nitrogen and oxygen atoms in total. The zero-order chi connectivity index (χ0) is 15.7. The summed E-state index contributed by atoms with van der Waals surface area (Å²) in [5, 5.41) is 0.518. The number of benzene rings is 2. The minimum absolute atomic E-state index is 0.122. The highest BCUT2D eigenvalue weighted by atomic mass is 79.9. The molecule has 0 aromatic heterocycles. The van der Waals surface area contributed by atoms with Crippen LogP contribution in [0.4, 0.5) is 0 Å². The van der Waals surface area contributed by atoms with Gasteiger partial charge in [0.1, 0.15) is 5.75 Å². The molecular weight excluding hydrogens is 419 g/mol. The molecule has 0 bridgehead atoms. The first kappa shape index (κ1) is 16.5. The number of halogens is 3. The molecule has 2 aromatic rings. The second-order valence-corrected chi connectivity index (χ2v) is 6.81. The zero-order valence-electron chi connectivity index (χ0n) is 11.8. The highest BCUT2D eigenvalue weighted by Crippen LogP contribution is 2.35. The van der Waals surface area contributed by atoms with Gasteiger partial charge in [-0.2, -0.15) is 0 Å². The van der Waals surface area contributed by atoms with Crippen molar-refractivity contribution in [3.63, 3.8) is 0 Å². The van der Waals surface area contributed by atoms with Gasteiger partial charge in [0.2, 0.25) is 0 Å². The second kappa shape index (κ2) is 6.51. The van der Waals surface area contributed by atoms with Gasteiger partial charge in [0.15, 0.2) is 5.78 Å². The summed E-state index contributed by atoms with van der Waals surface area (Å²) in [5.41, 5.74) is 2.81. The maximum atomic E-state index is 12.9. The van der Waals surface area contributed by atoms with Gasteiger partial charge in [0, 0.05) is 19.5 Å². The summed E-state index contributed by atoms with van der Waals surface area (Å²) < 4.78 is 7.02. The van der Waals surface area contributed by atoms with E-state index in [0.29, 0.717) is 26.4 Å². The Hall–Kier alpha value is -0.840. The average molecular weight is 433 g/mol. The van der Waals surface area contributed by atoms with E-state index in [-0.39, 0.29) is 5.78 Å². The molecule has 0 N–H and O–H groups in total. The number of carbonyl (C=O) groups is 1. The fourth-order valence-electron chi connectivity index (χ4n) is 2.19. The molecule has 0 aliphatic carbocycles. The van der Waals surface area contributed by atoms with Gasteiger partial charge in [0.25, 0.3) is 0 Å². The molecule has 0 fully saturated rings. The van der Waals surface area contributed by atoms with Crippen molar-refractivity contribution >= 4 is 49.2 Å². The third-order valence-corrected chi connectivity index (χ3v) is 5.02. The number of ether oxygens (including phenoxy) is 1. The zero-order valence-corrected chi connectivity index (χ0v) is 15.7. The molecule has 0 amide bonds. The summed E-state index contributed by atoms with van der Waals surface area (Å²) in [6, 6.07) is 7.10. The van der Waals surface area contributed by atoms with Crippen LogP contribution in [0.3, 0.4) is 0 Å². The van der Waals surface area contributed by atoms with E-state index in [2.05, 4.69) is 31.9 Å². The van der Waals surface area contributed by atoms with E-state index in [9.17, 15) is 4.79 Å². The molecule has 0 unspecified atom stereocenters. The normalized spacial score (nSPS) is 10.6. The highest BCUT2D eigenvalue weighted by molar-refractivity contribution is 9.10. The lowest BCUT2D eigenvalue weighted by Gasteiger charge is -2.16. The standard InChI is InChI=1S/C16H13Br2ClO2/c1-8-6-13(18)9(2)14(16(8)21-3)15(20)11-7-10(19)4-5-12(11)17/h4-7H,1-3H3. The van der Waals surface area contributed by atoms with E-state index in [4.69, 9.17) is 16.3 Å². The monoisotopic (exact) mass is 430 g/mol. The Morgan fingerprint density at radius 1 is 1.14 bits per heavy atom. The lowest BCUT2D eigenvalue weighted by atomic mass is 9.96. The van der Waals surface area contributed by atoms with Crippen molar-refractivity contribution < 1.29 is 9.53 Å². The molecule has 0 aliphatic rings. The number of hydrogen-bond acceptors (Lipinski definition) is 2. The van der Waals surface area contributed by atoms with Gasteiger partial charge in [-0.05, 0) is 49.2 Å². The lowest BCUT2D eigenvalue weighted by Crippen LogP contribution is -2.09. The number of aryl methyl sites for hydroxylation is 1. The molecule has 0 saturated heterocycles. The van der Waals surface area contributed by atoms with Gasteiger partial charge in [-0.1, -0.05) is 43.5 Å². The van der Waals surface area contributed by atoms with Crippen LogP contribution in [0, 0.1) is 13.8 Å². The maximum absolute atomic E-state index is 12.9. The molecule has 0 radical (unpaired) electrons. The lowest BCUT2D eigenvalue weighted by molar-refractivity contribution is 0.103. The summed E-state index contributed by atoms with van der Waals surface area (Å²) in [7, 11) is 1.57. The summed E-state index contributed by atoms with van der Waals surface area (Å²) in [5.74, 6) is 0.468. The Balaban J connectivity index is 2.71. The van der Waals surface area contributed by atoms with Gasteiger partial charge in [-0.25, -0.2) is 0 Å². The fraction of sp³-hybridized carbons (Fsp3) is 0.188. The van der Waals surface area contributed by atoms with Crippen LogP contribution in [-0.2, 0) is 0 Å². The minimum Gasteiger partial charge on any atom is -0.496 e. The van der Waals surface area contributed by atoms with Crippen LogP contribution < -0.4 is 4.74 Å². The van der Waals surface area contributed by atoms with Crippen LogP contribution in [-0.4, -0.2) is 12.9 Å². The number of hydrogen-bond donors (Lipinski definition) is 0. The Morgan fingerprint density at radius 3 is 2.43 bits per heavy atom. The first-order chi connectivity index (χ1) is 9.86. The van der Waals surface area contributed by atoms with E-state index in [1.54, 1.807) is 25.3 Å². The van der Waals surface area contributed by atoms with Gasteiger partial charge in [-0.15, -0.1) is 0 Å². The van der Waals surface area contributed by atoms with E-state index in [1.807, 2.05) is 19.9 Å². The van der Waals surface area contributed by atoms with Crippen LogP contribution in [0.15, 0.2) is 33.2 Å². The number of rotatable bonds is 3. The number of ketones is 1. The molecule has 0 spiro atoms. The Bertz CT molecular complexity index is 727. The third-order valence-electron chi connectivity index (χ3n) is 3.27. The Kier molecular flexibility index (Phi) is 5.12. The van der Waals surface area contributed by atoms with E-state index >= 15 is 0 Å². The van der Waals surface area contributed by atoms with Crippen molar-refractivity contribution in [3.05, 3.63) is 60.5 Å². The van der Waals surface area contributed by atoms with Crippen molar-refractivity contribution in [1.29, 1.82) is 0 Å². The third kappa shape index (κ3) is 3.17. The smallest absolute Gasteiger partial charge is 0.198 e. The van der Waals surface area contributed by atoms with Crippen molar-refractivity contribution in [2.24, 2.45) is 0 Å². The highest BCUT2D eigenvalue weighted by Gasteiger charge is 2.22. The van der Waals surface area contributed by atoms with Gasteiger partial charge >= 0.3 is 0 Å². The quantitative estimate of drug-likeness (QED) is 0.580. The predicted octanol–water partition coefficient (Wildman–Crippen LogP) is 5.72. The summed E-state index contributed by atoms with van der Waals surface area (Å²) in [4.78, 5) is 12.9. The van der Waals surface area contributed by atoms with E-state index in [0.717, 1.165) is 15.6 Å². The molecule has 2 rings (SSSR count). The van der Waals surface area contributed by atoms with Crippen LogP contribution >= 0.6 is 43.5 Å². The summed E-state index contributed by atoms with van der Waals surface area (Å²) in [6.45, 7) is 3.80. The van der Waals surface area contributed by atoms with Crippen LogP contribution in [0.25, 0.3) is 0 Å². The molecule has 21 heavy (non-hydrogen) atoms. The maximum Gasteiger partial charge on any atom is 0.198 e. The number of carbonyl (C=O) groups excluding carboxylic acids is 1. The molecule has 5 heteroatoms. The molecule has 0 aliphatic heterocycles. The van der Waals surface area contributed by atoms with Crippen molar-refractivity contribution in [1.82, 2.24) is 0 Å². The van der Waals surface area contributed by atoms with E-state index < -0.39 is 0 Å². The van der Waals surface area contributed by atoms with Crippen LogP contribution in [0.1, 0.15) is 27.0 Å². The first-order valence-electron chi connectivity index (χ1n) is 6.20. The molecule has 110 valence electrons. The van der Waals surface area contributed by atoms with Gasteiger partial charge in [-0.3, -0.25) is 4.79 Å². The van der Waals surface area contributed by atoms with Gasteiger partial charge < -0.3 is 4.74 Å². The van der Waals surface area contributed by atoms with Crippen molar-refractivity contribution in [2.75, 3.05) is 7.11 Å². The molecule has 0 atom stereocenters. The molecular formula is C16H13Br2ClO2. The first-order valence-corrected chi connectivity index (χ1v) is 8.16. The SMILES string of the molecule is COc1c(C)cc(Br)c(C)c1C(=O)c1cc(Cl)ccc1Br. The largest absolute Gasteiger partial charge is 0.496 e. The fourth-order valence-corrected chi connectivity index (χ4v) is 3.33. The summed E-state index contributed by atoms with van der Waals surface area (Å²) >= 11 is 12.9. The van der Waals surface area contributed by atoms with Crippen LogP contribution in [0.2, 0.25) is 5.02 Å². The predicted molar refractivity (Wildman–Crippen MR) is 92.8 cm³/mol. The Morgan fingerprint density at radius 2 is 1.81 bits per heavy atom. The van der Waals surface area contributed by atoms with Crippen LogP contribution in [0.5, 0.6) is 5.75 Å². The van der Waals surface area contributed by atoms with E-state index in [1.165, 1.54) is 0 Å². The molecule has 0 heterocycles. The average Bonchev–Trinajstić information content (AvgIpc) is 2.44. The van der Waals surface area contributed by atoms with Gasteiger partial charge in [0.05, 0.1) is 12.7 Å². The Labute approximate surface area is 145 Å². The topological polar surface area (TPSA) is 26.3 Å². The van der Waals surface area contributed by atoms with Crippen molar-refractivity contribution in [2.45, 2.75) is 13.8 Å².